The van der Waals surface area contributed by atoms with Crippen LogP contribution in [0.2, 0.25) is 0 Å². The molecule has 0 atom stereocenters. The second-order valence-electron chi connectivity index (χ2n) is 5.71. The van der Waals surface area contributed by atoms with Crippen molar-refractivity contribution in [1.82, 2.24) is 0 Å². The maximum Gasteiger partial charge on any atom is 0.261 e. The van der Waals surface area contributed by atoms with Crippen molar-refractivity contribution in [2.45, 2.75) is 32.6 Å². The van der Waals surface area contributed by atoms with Gasteiger partial charge in [-0.05, 0) is 18.6 Å². The third kappa shape index (κ3) is 2.77. The highest BCUT2D eigenvalue weighted by molar-refractivity contribution is 7.08. The molecule has 1 aliphatic heterocycles. The van der Waals surface area contributed by atoms with Crippen LogP contribution in [0, 0.1) is 0 Å². The van der Waals surface area contributed by atoms with Crippen LogP contribution in [0.3, 0.4) is 0 Å². The molecule has 120 valence electrons. The zero-order chi connectivity index (χ0) is 16.4. The van der Waals surface area contributed by atoms with Crippen LogP contribution in [0.4, 0.5) is 17.1 Å². The lowest BCUT2D eigenvalue weighted by Gasteiger charge is -2.24. The van der Waals surface area contributed by atoms with Gasteiger partial charge in [-0.25, -0.2) is 0 Å². The Bertz CT molecular complexity index is 738. The number of amides is 2. The Labute approximate surface area is 140 Å². The summed E-state index contributed by atoms with van der Waals surface area (Å²) in [5.74, 6) is -0.0220. The van der Waals surface area contributed by atoms with E-state index in [4.69, 9.17) is 0 Å². The largest absolute Gasteiger partial charge is 0.309 e. The third-order valence-corrected chi connectivity index (χ3v) is 4.88. The van der Waals surface area contributed by atoms with Gasteiger partial charge in [-0.1, -0.05) is 31.9 Å². The molecule has 0 saturated heterocycles. The van der Waals surface area contributed by atoms with Crippen molar-refractivity contribution < 1.29 is 9.59 Å². The zero-order valence-electron chi connectivity index (χ0n) is 13.4. The number of thiophene rings is 1. The average molecular weight is 328 g/mol. The van der Waals surface area contributed by atoms with E-state index in [2.05, 4.69) is 6.92 Å². The first-order valence-electron chi connectivity index (χ1n) is 7.91. The standard InChI is InChI=1S/C18H20N2O2S/c1-3-4-5-10-17(21)20-15-9-7-6-8-14(15)19(2)18(22)13-11-23-12-16(13)20/h6-9,11-12H,3-5,10H2,1-2H3. The minimum atomic E-state index is -0.0717. The fraction of sp³-hybridized carbons (Fsp3) is 0.333. The van der Waals surface area contributed by atoms with Gasteiger partial charge in [0, 0.05) is 24.2 Å². The summed E-state index contributed by atoms with van der Waals surface area (Å²) in [6.45, 7) is 2.12. The van der Waals surface area contributed by atoms with E-state index in [-0.39, 0.29) is 11.8 Å². The van der Waals surface area contributed by atoms with Crippen molar-refractivity contribution in [2.75, 3.05) is 16.8 Å². The smallest absolute Gasteiger partial charge is 0.261 e. The van der Waals surface area contributed by atoms with Gasteiger partial charge in [-0.2, -0.15) is 0 Å². The maximum absolute atomic E-state index is 12.9. The molecule has 0 aliphatic carbocycles. The summed E-state index contributed by atoms with van der Waals surface area (Å²) < 4.78 is 0. The molecule has 1 aromatic carbocycles. The molecule has 1 aliphatic rings. The summed E-state index contributed by atoms with van der Waals surface area (Å²) in [4.78, 5) is 28.9. The first-order chi connectivity index (χ1) is 11.1. The Morgan fingerprint density at radius 1 is 1.09 bits per heavy atom. The van der Waals surface area contributed by atoms with Crippen molar-refractivity contribution in [1.29, 1.82) is 0 Å². The SMILES string of the molecule is CCCCCC(=O)N1c2cscc2C(=O)N(C)c2ccccc21. The van der Waals surface area contributed by atoms with Crippen LogP contribution in [-0.2, 0) is 4.79 Å². The first kappa shape index (κ1) is 15.7. The number of hydrogen-bond donors (Lipinski definition) is 0. The minimum absolute atomic E-state index is 0.0497. The number of hydrogen-bond acceptors (Lipinski definition) is 3. The summed E-state index contributed by atoms with van der Waals surface area (Å²) in [7, 11) is 1.76. The maximum atomic E-state index is 12.9. The Kier molecular flexibility index (Phi) is 4.48. The molecule has 0 radical (unpaired) electrons. The molecule has 3 rings (SSSR count). The first-order valence-corrected chi connectivity index (χ1v) is 8.85. The van der Waals surface area contributed by atoms with E-state index in [0.717, 1.165) is 30.6 Å². The van der Waals surface area contributed by atoms with E-state index in [1.807, 2.05) is 35.0 Å². The average Bonchev–Trinajstić information content (AvgIpc) is 3.01. The van der Waals surface area contributed by atoms with Crippen molar-refractivity contribution in [3.63, 3.8) is 0 Å². The van der Waals surface area contributed by atoms with E-state index in [1.165, 1.54) is 11.3 Å². The second kappa shape index (κ2) is 6.54. The molecule has 0 fully saturated rings. The van der Waals surface area contributed by atoms with E-state index < -0.39 is 0 Å². The van der Waals surface area contributed by atoms with E-state index >= 15 is 0 Å². The van der Waals surface area contributed by atoms with Gasteiger partial charge in [0.15, 0.2) is 0 Å². The molecule has 0 unspecified atom stereocenters. The summed E-state index contributed by atoms with van der Waals surface area (Å²) in [6, 6.07) is 7.58. The molecule has 5 heteroatoms. The van der Waals surface area contributed by atoms with Crippen LogP contribution in [0.25, 0.3) is 0 Å². The molecule has 0 saturated carbocycles. The van der Waals surface area contributed by atoms with Gasteiger partial charge in [-0.15, -0.1) is 11.3 Å². The van der Waals surface area contributed by atoms with Gasteiger partial charge in [0.2, 0.25) is 5.91 Å². The third-order valence-electron chi connectivity index (χ3n) is 4.15. The fourth-order valence-electron chi connectivity index (χ4n) is 2.89. The van der Waals surface area contributed by atoms with Gasteiger partial charge in [0.25, 0.3) is 5.91 Å². The van der Waals surface area contributed by atoms with Crippen LogP contribution >= 0.6 is 11.3 Å². The van der Waals surface area contributed by atoms with E-state index in [9.17, 15) is 9.59 Å². The molecule has 2 aromatic rings. The highest BCUT2D eigenvalue weighted by atomic mass is 32.1. The Hall–Kier alpha value is -2.14. The van der Waals surface area contributed by atoms with Crippen LogP contribution in [0.5, 0.6) is 0 Å². The normalized spacial score (nSPS) is 13.6. The summed E-state index contributed by atoms with van der Waals surface area (Å²) in [5.41, 5.74) is 2.85. The zero-order valence-corrected chi connectivity index (χ0v) is 14.2. The molecule has 23 heavy (non-hydrogen) atoms. The van der Waals surface area contributed by atoms with Crippen LogP contribution in [0.1, 0.15) is 43.0 Å². The lowest BCUT2D eigenvalue weighted by molar-refractivity contribution is -0.118. The number of benzene rings is 1. The Morgan fingerprint density at radius 3 is 2.57 bits per heavy atom. The molecule has 0 spiro atoms. The van der Waals surface area contributed by atoms with Crippen molar-refractivity contribution >= 4 is 40.2 Å². The lowest BCUT2D eigenvalue weighted by atomic mass is 10.1. The Morgan fingerprint density at radius 2 is 1.83 bits per heavy atom. The molecular formula is C18H20N2O2S. The van der Waals surface area contributed by atoms with Crippen LogP contribution < -0.4 is 9.80 Å². The summed E-state index contributed by atoms with van der Waals surface area (Å²) in [5, 5.41) is 3.72. The quantitative estimate of drug-likeness (QED) is 0.771. The number of unbranched alkanes of at least 4 members (excludes halogenated alkanes) is 2. The number of anilines is 3. The van der Waals surface area contributed by atoms with Crippen molar-refractivity contribution in [3.05, 3.63) is 40.6 Å². The predicted molar refractivity (Wildman–Crippen MR) is 94.8 cm³/mol. The lowest BCUT2D eigenvalue weighted by Crippen LogP contribution is -2.26. The minimum Gasteiger partial charge on any atom is -0.309 e. The molecule has 4 nitrogen and oxygen atoms in total. The summed E-state index contributed by atoms with van der Waals surface area (Å²) >= 11 is 1.45. The second-order valence-corrected chi connectivity index (χ2v) is 6.45. The highest BCUT2D eigenvalue weighted by Crippen LogP contribution is 2.41. The van der Waals surface area contributed by atoms with E-state index in [0.29, 0.717) is 17.7 Å². The molecule has 1 aromatic heterocycles. The number of para-hydroxylation sites is 2. The molecule has 2 amide bonds. The van der Waals surface area contributed by atoms with Crippen molar-refractivity contribution in [3.8, 4) is 0 Å². The molecule has 0 bridgehead atoms. The van der Waals surface area contributed by atoms with E-state index in [1.54, 1.807) is 16.8 Å². The van der Waals surface area contributed by atoms with Gasteiger partial charge < -0.3 is 4.90 Å². The number of carbonyl (C=O) groups excluding carboxylic acids is 2. The molecule has 2 heterocycles. The van der Waals surface area contributed by atoms with Gasteiger partial charge in [-0.3, -0.25) is 14.5 Å². The monoisotopic (exact) mass is 328 g/mol. The Balaban J connectivity index is 2.08. The number of fused-ring (bicyclic) bond motifs is 2. The number of rotatable bonds is 4. The molecular weight excluding hydrogens is 308 g/mol. The number of nitrogens with zero attached hydrogens (tertiary/aromatic N) is 2. The predicted octanol–water partition coefficient (Wildman–Crippen LogP) is 4.58. The number of carbonyl (C=O) groups is 2. The van der Waals surface area contributed by atoms with Crippen molar-refractivity contribution in [2.24, 2.45) is 0 Å². The van der Waals surface area contributed by atoms with Crippen LogP contribution in [0.15, 0.2) is 35.0 Å². The highest BCUT2D eigenvalue weighted by Gasteiger charge is 2.32. The summed E-state index contributed by atoms with van der Waals surface area (Å²) in [6.07, 6.45) is 3.48. The molecule has 0 N–H and O–H groups in total. The fourth-order valence-corrected chi connectivity index (χ4v) is 3.67. The van der Waals surface area contributed by atoms with Gasteiger partial charge in [0.05, 0.1) is 22.6 Å². The van der Waals surface area contributed by atoms with Gasteiger partial charge >= 0.3 is 0 Å². The van der Waals surface area contributed by atoms with Crippen LogP contribution in [-0.4, -0.2) is 18.9 Å². The topological polar surface area (TPSA) is 40.6 Å². The van der Waals surface area contributed by atoms with Gasteiger partial charge in [0.1, 0.15) is 0 Å².